The van der Waals surface area contributed by atoms with Crippen LogP contribution in [0, 0.1) is 29.1 Å². The third-order valence-electron chi connectivity index (χ3n) is 8.40. The number of aliphatic hydroxyl groups excluding tert-OH is 1. The van der Waals surface area contributed by atoms with Gasteiger partial charge in [0, 0.05) is 23.8 Å². The average Bonchev–Trinajstić information content (AvgIpc) is 3.05. The quantitative estimate of drug-likeness (QED) is 0.245. The number of carboxylic acids is 1. The highest BCUT2D eigenvalue weighted by molar-refractivity contribution is 6.27. The maximum absolute atomic E-state index is 13.5. The molecule has 1 aliphatic heterocycles. The molecule has 6 nitrogen and oxygen atoms in total. The minimum atomic E-state index is -1.05. The first-order valence-electron chi connectivity index (χ1n) is 12.5. The van der Waals surface area contributed by atoms with Crippen molar-refractivity contribution < 1.29 is 24.6 Å². The highest BCUT2D eigenvalue weighted by Gasteiger charge is 2.55. The molecule has 0 spiro atoms. The Balaban J connectivity index is 1.81. The molecule has 6 atom stereocenters. The zero-order valence-electron chi connectivity index (χ0n) is 20.9. The Bertz CT molecular complexity index is 1130. The molecule has 1 aromatic carbocycles. The minimum Gasteiger partial charge on any atom is -0.511 e. The van der Waals surface area contributed by atoms with E-state index < -0.39 is 35.0 Å². The van der Waals surface area contributed by atoms with Crippen molar-refractivity contribution in [1.82, 2.24) is 5.32 Å². The normalized spacial score (nSPS) is 34.7. The third-order valence-corrected chi connectivity index (χ3v) is 8.40. The molecule has 4 rings (SSSR count). The number of benzene rings is 1. The molecule has 1 saturated heterocycles. The molecule has 2 fully saturated rings. The number of hydrogen-bond donors (Lipinski definition) is 3. The smallest absolute Gasteiger partial charge is 0.328 e. The van der Waals surface area contributed by atoms with Gasteiger partial charge < -0.3 is 15.5 Å². The van der Waals surface area contributed by atoms with Crippen molar-refractivity contribution in [2.75, 3.05) is 0 Å². The van der Waals surface area contributed by atoms with Gasteiger partial charge >= 0.3 is 5.97 Å². The molecule has 1 saturated carbocycles. The van der Waals surface area contributed by atoms with Gasteiger partial charge in [0.1, 0.15) is 11.3 Å². The number of fused-ring (bicyclic) bond motifs is 1. The third kappa shape index (κ3) is 4.46. The second-order valence-corrected chi connectivity index (χ2v) is 10.8. The van der Waals surface area contributed by atoms with Crippen molar-refractivity contribution in [3.05, 3.63) is 70.5 Å². The van der Waals surface area contributed by atoms with Gasteiger partial charge in [0.25, 0.3) is 5.91 Å². The fourth-order valence-electron chi connectivity index (χ4n) is 6.97. The first-order valence-corrected chi connectivity index (χ1v) is 12.5. The number of hydrogen-bond acceptors (Lipinski definition) is 4. The molecule has 1 heterocycles. The van der Waals surface area contributed by atoms with Gasteiger partial charge in [-0.25, -0.2) is 4.79 Å². The topological polar surface area (TPSA) is 104 Å². The summed E-state index contributed by atoms with van der Waals surface area (Å²) in [6.45, 7) is 7.85. The van der Waals surface area contributed by atoms with Crippen LogP contribution >= 0.6 is 0 Å². The van der Waals surface area contributed by atoms with Crippen LogP contribution in [-0.2, 0) is 20.8 Å². The van der Waals surface area contributed by atoms with Gasteiger partial charge in [0.2, 0.25) is 0 Å². The summed E-state index contributed by atoms with van der Waals surface area (Å²) in [7, 11) is 0. The summed E-state index contributed by atoms with van der Waals surface area (Å²) in [6, 6.07) is 8.74. The lowest BCUT2D eigenvalue weighted by Crippen LogP contribution is -2.47. The van der Waals surface area contributed by atoms with Crippen LogP contribution in [0.15, 0.2) is 65.0 Å². The first-order chi connectivity index (χ1) is 16.5. The zero-order valence-corrected chi connectivity index (χ0v) is 20.9. The molecule has 186 valence electrons. The van der Waals surface area contributed by atoms with Crippen LogP contribution in [0.3, 0.4) is 0 Å². The fourth-order valence-corrected chi connectivity index (χ4v) is 6.97. The summed E-state index contributed by atoms with van der Waals surface area (Å²) in [5.74, 6) is -1.90. The average molecular weight is 478 g/mol. The van der Waals surface area contributed by atoms with E-state index in [0.717, 1.165) is 30.4 Å². The van der Waals surface area contributed by atoms with Crippen LogP contribution < -0.4 is 5.32 Å². The molecule has 3 aliphatic rings. The molecule has 6 heteroatoms. The van der Waals surface area contributed by atoms with E-state index in [1.807, 2.05) is 44.2 Å². The monoisotopic (exact) mass is 477 g/mol. The standard InChI is InChI=1S/C29H35NO5/c1-16-10-11-21-20(12-16)13-17(2)25(18(3)14-23(31)32)29(21,4)27(34)24-26(33)22(30-28(24)35)15-19-8-6-5-7-9-19/h5-9,13-14,16,20-22,25,34H,10-12,15H2,1-4H3,(H,30,35)(H,31,32). The number of rotatable bonds is 5. The van der Waals surface area contributed by atoms with Crippen LogP contribution in [0.4, 0.5) is 0 Å². The van der Waals surface area contributed by atoms with E-state index in [1.165, 1.54) is 6.08 Å². The SMILES string of the molecule is CC(=CC(=O)O)C1C(C)=CC2CC(C)CCC2C1(C)C(O)=C1C(=O)NC(Cc2ccccc2)C1=O. The van der Waals surface area contributed by atoms with Crippen LogP contribution in [0.5, 0.6) is 0 Å². The van der Waals surface area contributed by atoms with E-state index in [9.17, 15) is 24.6 Å². The summed E-state index contributed by atoms with van der Waals surface area (Å²) in [6.07, 6.45) is 6.53. The molecule has 6 unspecified atom stereocenters. The van der Waals surface area contributed by atoms with Crippen molar-refractivity contribution in [2.24, 2.45) is 29.1 Å². The summed E-state index contributed by atoms with van der Waals surface area (Å²) < 4.78 is 0. The van der Waals surface area contributed by atoms with Gasteiger partial charge in [-0.2, -0.15) is 0 Å². The second kappa shape index (κ2) is 9.48. The van der Waals surface area contributed by atoms with Crippen molar-refractivity contribution in [1.29, 1.82) is 0 Å². The van der Waals surface area contributed by atoms with Gasteiger partial charge in [-0.05, 0) is 50.0 Å². The number of Topliss-reactive ketones (excluding diaryl/α,β-unsaturated/α-hetero) is 1. The van der Waals surface area contributed by atoms with E-state index in [2.05, 4.69) is 18.3 Å². The number of amides is 1. The lowest BCUT2D eigenvalue weighted by Gasteiger charge is -2.53. The Hall–Kier alpha value is -3.15. The summed E-state index contributed by atoms with van der Waals surface area (Å²) in [5.41, 5.74) is 1.35. The number of aliphatic carboxylic acids is 1. The van der Waals surface area contributed by atoms with Crippen LogP contribution in [-0.4, -0.2) is 33.9 Å². The number of aliphatic hydroxyl groups is 1. The molecule has 35 heavy (non-hydrogen) atoms. The van der Waals surface area contributed by atoms with Crippen molar-refractivity contribution in [3.63, 3.8) is 0 Å². The van der Waals surface area contributed by atoms with Crippen LogP contribution in [0.2, 0.25) is 0 Å². The van der Waals surface area contributed by atoms with Crippen LogP contribution in [0.1, 0.15) is 52.5 Å². The Morgan fingerprint density at radius 1 is 1.17 bits per heavy atom. The van der Waals surface area contributed by atoms with E-state index in [4.69, 9.17) is 0 Å². The molecule has 3 N–H and O–H groups in total. The molecule has 0 radical (unpaired) electrons. The largest absolute Gasteiger partial charge is 0.511 e. The Morgan fingerprint density at radius 3 is 2.51 bits per heavy atom. The van der Waals surface area contributed by atoms with Gasteiger partial charge in [0.05, 0.1) is 6.04 Å². The number of nitrogens with one attached hydrogen (secondary N) is 1. The van der Waals surface area contributed by atoms with Crippen molar-refractivity contribution in [3.8, 4) is 0 Å². The molecule has 0 aromatic heterocycles. The van der Waals surface area contributed by atoms with Gasteiger partial charge in [-0.15, -0.1) is 0 Å². The lowest BCUT2D eigenvalue weighted by molar-refractivity contribution is -0.131. The Morgan fingerprint density at radius 2 is 1.86 bits per heavy atom. The van der Waals surface area contributed by atoms with Gasteiger partial charge in [-0.3, -0.25) is 9.59 Å². The van der Waals surface area contributed by atoms with E-state index in [-0.39, 0.29) is 23.2 Å². The predicted molar refractivity (Wildman–Crippen MR) is 133 cm³/mol. The molecule has 1 amide bonds. The van der Waals surface area contributed by atoms with Gasteiger partial charge in [0.15, 0.2) is 5.78 Å². The Kier molecular flexibility index (Phi) is 6.76. The number of carbonyl (C=O) groups excluding carboxylic acids is 2. The maximum Gasteiger partial charge on any atom is 0.328 e. The maximum atomic E-state index is 13.5. The van der Waals surface area contributed by atoms with Gasteiger partial charge in [-0.1, -0.05) is 67.8 Å². The number of carbonyl (C=O) groups is 3. The molecule has 2 aliphatic carbocycles. The molecule has 0 bridgehead atoms. The number of carboxylic acid groups (broad SMARTS) is 1. The highest BCUT2D eigenvalue weighted by atomic mass is 16.4. The fraction of sp³-hybridized carbons (Fsp3) is 0.483. The molecule has 1 aromatic rings. The second-order valence-electron chi connectivity index (χ2n) is 10.8. The first kappa shape index (κ1) is 25.0. The summed E-state index contributed by atoms with van der Waals surface area (Å²) in [5, 5.41) is 24.1. The van der Waals surface area contributed by atoms with Crippen molar-refractivity contribution >= 4 is 17.7 Å². The van der Waals surface area contributed by atoms with E-state index in [1.54, 1.807) is 6.92 Å². The zero-order chi connectivity index (χ0) is 25.5. The van der Waals surface area contributed by atoms with Crippen molar-refractivity contribution in [2.45, 2.75) is 59.4 Å². The van der Waals surface area contributed by atoms with Crippen LogP contribution in [0.25, 0.3) is 0 Å². The van der Waals surface area contributed by atoms with E-state index in [0.29, 0.717) is 17.9 Å². The number of ketones is 1. The summed E-state index contributed by atoms with van der Waals surface area (Å²) in [4.78, 5) is 38.1. The lowest BCUT2D eigenvalue weighted by atomic mass is 9.51. The van der Waals surface area contributed by atoms with E-state index >= 15 is 0 Å². The highest BCUT2D eigenvalue weighted by Crippen LogP contribution is 2.59. The molecular formula is C29H35NO5. The number of allylic oxidation sites excluding steroid dienone is 4. The predicted octanol–water partition coefficient (Wildman–Crippen LogP) is 4.77. The minimum absolute atomic E-state index is 0.00850. The molecular weight excluding hydrogens is 442 g/mol. The summed E-state index contributed by atoms with van der Waals surface area (Å²) >= 11 is 0. The Labute approximate surface area is 206 Å².